The molecule has 17 nitrogen and oxygen atoms in total. The van der Waals surface area contributed by atoms with Gasteiger partial charge in [-0.1, -0.05) is 62.3 Å². The van der Waals surface area contributed by atoms with Crippen molar-refractivity contribution in [2.45, 2.75) is 151 Å². The van der Waals surface area contributed by atoms with Crippen LogP contribution in [0.1, 0.15) is 108 Å². The standard InChI is InChI=1S/C41H77N9O8/c1-17-18-33(51)47(13)32(22-42)40(57)49(15)31(21-25(6)7)38(55)46-34(26(8)9)41(58)50(16)30(20-24(4)5)37(54)44-27(10)35(52)45-28(11)39(56)48(14)29(19-23(2)3)36(53)43-12/h23-32,34H,17-22,42H2,1-16H3,(H,43,53)(H,44,54)(H,45,52)(H,46,55)/t27-,28-,29+,30+,31+,32-,34+/m1/s1. The van der Waals surface area contributed by atoms with E-state index in [0.29, 0.717) is 12.8 Å². The van der Waals surface area contributed by atoms with Gasteiger partial charge in [-0.3, -0.25) is 38.4 Å². The van der Waals surface area contributed by atoms with Gasteiger partial charge >= 0.3 is 0 Å². The summed E-state index contributed by atoms with van der Waals surface area (Å²) in [5.74, 6) is -4.29. The maximum absolute atomic E-state index is 14.2. The minimum atomic E-state index is -1.10. The second-order valence-corrected chi connectivity index (χ2v) is 17.1. The summed E-state index contributed by atoms with van der Waals surface area (Å²) in [7, 11) is 7.46. The minimum absolute atomic E-state index is 0.0256. The highest BCUT2D eigenvalue weighted by atomic mass is 16.2. The smallest absolute Gasteiger partial charge is 0.247 e. The molecular formula is C41H77N9O8. The lowest BCUT2D eigenvalue weighted by atomic mass is 9.96. The van der Waals surface area contributed by atoms with E-state index >= 15 is 0 Å². The molecule has 0 aliphatic carbocycles. The molecule has 0 aromatic heterocycles. The van der Waals surface area contributed by atoms with E-state index in [9.17, 15) is 38.4 Å². The van der Waals surface area contributed by atoms with E-state index in [-0.39, 0.29) is 55.4 Å². The number of hydrogen-bond acceptors (Lipinski definition) is 9. The second-order valence-electron chi connectivity index (χ2n) is 17.1. The third-order valence-electron chi connectivity index (χ3n) is 10.2. The Bertz CT molecular complexity index is 1400. The Morgan fingerprint density at radius 2 is 0.897 bits per heavy atom. The molecule has 8 amide bonds. The number of carbonyl (C=O) groups is 8. The molecule has 0 heterocycles. The fourth-order valence-electron chi connectivity index (χ4n) is 6.58. The van der Waals surface area contributed by atoms with E-state index in [0.717, 1.165) is 0 Å². The van der Waals surface area contributed by atoms with Crippen LogP contribution in [0.4, 0.5) is 0 Å². The Balaban J connectivity index is 6.23. The molecule has 58 heavy (non-hydrogen) atoms. The van der Waals surface area contributed by atoms with Crippen LogP contribution in [0.3, 0.4) is 0 Å². The Kier molecular flexibility index (Phi) is 23.4. The van der Waals surface area contributed by atoms with Crippen molar-refractivity contribution in [3.63, 3.8) is 0 Å². The van der Waals surface area contributed by atoms with E-state index in [2.05, 4.69) is 21.3 Å². The summed E-state index contributed by atoms with van der Waals surface area (Å²) in [6.45, 7) is 19.6. The van der Waals surface area contributed by atoms with Gasteiger partial charge in [-0.25, -0.2) is 0 Å². The number of carbonyl (C=O) groups excluding carboxylic acids is 8. The predicted octanol–water partition coefficient (Wildman–Crippen LogP) is 1.09. The first-order chi connectivity index (χ1) is 26.8. The van der Waals surface area contributed by atoms with Crippen molar-refractivity contribution in [2.24, 2.45) is 29.4 Å². The molecule has 0 radical (unpaired) electrons. The lowest BCUT2D eigenvalue weighted by Gasteiger charge is -2.37. The van der Waals surface area contributed by atoms with Crippen molar-refractivity contribution in [1.29, 1.82) is 0 Å². The zero-order valence-electron chi connectivity index (χ0n) is 38.2. The number of nitrogens with two attached hydrogens (primary N) is 1. The van der Waals surface area contributed by atoms with Crippen molar-refractivity contribution in [2.75, 3.05) is 41.8 Å². The van der Waals surface area contributed by atoms with Gasteiger partial charge in [-0.15, -0.1) is 0 Å². The maximum Gasteiger partial charge on any atom is 0.247 e. The Morgan fingerprint density at radius 3 is 1.29 bits per heavy atom. The minimum Gasteiger partial charge on any atom is -0.357 e. The molecule has 7 atom stereocenters. The Labute approximate surface area is 347 Å². The van der Waals surface area contributed by atoms with Gasteiger partial charge in [0.25, 0.3) is 0 Å². The largest absolute Gasteiger partial charge is 0.357 e. The fraction of sp³-hybridized carbons (Fsp3) is 0.805. The molecule has 17 heteroatoms. The molecule has 0 aliphatic heterocycles. The van der Waals surface area contributed by atoms with Gasteiger partial charge < -0.3 is 46.6 Å². The van der Waals surface area contributed by atoms with Crippen molar-refractivity contribution < 1.29 is 38.4 Å². The number of amides is 8. The third-order valence-corrected chi connectivity index (χ3v) is 10.2. The van der Waals surface area contributed by atoms with Crippen LogP contribution < -0.4 is 27.0 Å². The van der Waals surface area contributed by atoms with Gasteiger partial charge in [-0.2, -0.15) is 0 Å². The molecule has 0 fully saturated rings. The molecule has 0 spiro atoms. The number of likely N-dealkylation sites (N-methyl/N-ethyl adjacent to an activating group) is 5. The maximum atomic E-state index is 14.2. The number of nitrogens with one attached hydrogen (secondary N) is 4. The van der Waals surface area contributed by atoms with Gasteiger partial charge in [0, 0.05) is 48.2 Å². The van der Waals surface area contributed by atoms with Crippen LogP contribution in [-0.4, -0.2) is 151 Å². The summed E-state index contributed by atoms with van der Waals surface area (Å²) >= 11 is 0. The number of hydrogen-bond donors (Lipinski definition) is 5. The third kappa shape index (κ3) is 16.2. The SMILES string of the molecule is CCCC(=O)N(C)[C@H](CN)C(=O)N(C)[C@@H](CC(C)C)C(=O)N[C@H](C(=O)N(C)[C@@H](CC(C)C)C(=O)N[C@H](C)C(=O)N[C@H](C)C(=O)N(C)[C@@H](CC(C)C)C(=O)NC)C(C)C. The lowest BCUT2D eigenvalue weighted by molar-refractivity contribution is -0.149. The summed E-state index contributed by atoms with van der Waals surface area (Å²) in [4.78, 5) is 113. The normalized spacial score (nSPS) is 15.1. The topological polar surface area (TPSA) is 224 Å². The monoisotopic (exact) mass is 824 g/mol. The summed E-state index contributed by atoms with van der Waals surface area (Å²) in [6.07, 6.45) is 1.75. The van der Waals surface area contributed by atoms with E-state index in [1.165, 1.54) is 68.7 Å². The summed E-state index contributed by atoms with van der Waals surface area (Å²) in [5.41, 5.74) is 5.96. The van der Waals surface area contributed by atoms with Crippen LogP contribution in [0.5, 0.6) is 0 Å². The first kappa shape index (κ1) is 53.7. The molecule has 0 aromatic carbocycles. The van der Waals surface area contributed by atoms with Gasteiger partial charge in [0.1, 0.15) is 42.3 Å². The first-order valence-electron chi connectivity index (χ1n) is 20.7. The summed E-state index contributed by atoms with van der Waals surface area (Å²) in [5, 5.41) is 10.7. The number of rotatable bonds is 24. The average molecular weight is 824 g/mol. The molecule has 0 aliphatic rings. The quantitative estimate of drug-likeness (QED) is 0.0939. The molecule has 0 saturated heterocycles. The fourth-order valence-corrected chi connectivity index (χ4v) is 6.58. The Hall–Kier alpha value is -4.28. The van der Waals surface area contributed by atoms with Crippen LogP contribution in [0, 0.1) is 23.7 Å². The molecule has 0 unspecified atom stereocenters. The molecule has 0 aromatic rings. The van der Waals surface area contributed by atoms with Crippen LogP contribution >= 0.6 is 0 Å². The van der Waals surface area contributed by atoms with Crippen molar-refractivity contribution in [3.8, 4) is 0 Å². The van der Waals surface area contributed by atoms with E-state index in [1.54, 1.807) is 13.8 Å². The Morgan fingerprint density at radius 1 is 0.500 bits per heavy atom. The zero-order valence-corrected chi connectivity index (χ0v) is 38.2. The van der Waals surface area contributed by atoms with Crippen molar-refractivity contribution >= 4 is 47.3 Å². The van der Waals surface area contributed by atoms with Crippen LogP contribution in [-0.2, 0) is 38.4 Å². The van der Waals surface area contributed by atoms with Gasteiger partial charge in [0.2, 0.25) is 47.3 Å². The second kappa shape index (κ2) is 25.3. The van der Waals surface area contributed by atoms with Crippen LogP contribution in [0.2, 0.25) is 0 Å². The van der Waals surface area contributed by atoms with Crippen LogP contribution in [0.15, 0.2) is 0 Å². The molecule has 334 valence electrons. The number of nitrogens with zero attached hydrogens (tertiary/aromatic N) is 4. The van der Waals surface area contributed by atoms with Crippen LogP contribution in [0.25, 0.3) is 0 Å². The summed E-state index contributed by atoms with van der Waals surface area (Å²) in [6, 6.07) is -6.95. The molecule has 0 bridgehead atoms. The first-order valence-corrected chi connectivity index (χ1v) is 20.7. The highest BCUT2D eigenvalue weighted by molar-refractivity contribution is 5.97. The lowest BCUT2D eigenvalue weighted by Crippen LogP contribution is -2.61. The highest BCUT2D eigenvalue weighted by Crippen LogP contribution is 2.19. The highest BCUT2D eigenvalue weighted by Gasteiger charge is 2.39. The molecule has 0 saturated carbocycles. The van der Waals surface area contributed by atoms with Gasteiger partial charge in [0.15, 0.2) is 0 Å². The van der Waals surface area contributed by atoms with Gasteiger partial charge in [-0.05, 0) is 63.2 Å². The molecule has 0 rings (SSSR count). The van der Waals surface area contributed by atoms with E-state index in [4.69, 9.17) is 5.73 Å². The summed E-state index contributed by atoms with van der Waals surface area (Å²) < 4.78 is 0. The molecular weight excluding hydrogens is 747 g/mol. The average Bonchev–Trinajstić information content (AvgIpc) is 3.14. The van der Waals surface area contributed by atoms with Gasteiger partial charge in [0.05, 0.1) is 0 Å². The predicted molar refractivity (Wildman–Crippen MR) is 225 cm³/mol. The van der Waals surface area contributed by atoms with E-state index in [1.807, 2.05) is 48.5 Å². The zero-order chi connectivity index (χ0) is 45.4. The van der Waals surface area contributed by atoms with Crippen molar-refractivity contribution in [1.82, 2.24) is 40.9 Å². The molecule has 6 N–H and O–H groups in total. The van der Waals surface area contributed by atoms with E-state index < -0.39 is 83.7 Å². The van der Waals surface area contributed by atoms with Crippen molar-refractivity contribution in [3.05, 3.63) is 0 Å².